The molecule has 3 N–H and O–H groups in total. The molecule has 2 unspecified atom stereocenters. The number of aliphatic hydroxyl groups excluding tert-OH is 1. The van der Waals surface area contributed by atoms with Gasteiger partial charge >= 0.3 is 0 Å². The summed E-state index contributed by atoms with van der Waals surface area (Å²) in [6.45, 7) is 3.69. The van der Waals surface area contributed by atoms with Crippen molar-refractivity contribution in [3.63, 3.8) is 0 Å². The number of aromatic nitrogens is 3. The molecule has 0 aliphatic heterocycles. The highest BCUT2D eigenvalue weighted by atomic mass is 16.3. The lowest BCUT2D eigenvalue weighted by Gasteiger charge is -2.28. The quantitative estimate of drug-likeness (QED) is 0.775. The number of aryl methyl sites for hydroxylation is 3. The Hall–Kier alpha value is -2.15. The largest absolute Gasteiger partial charge is 0.391 e. The monoisotopic (exact) mass is 332 g/mol. The minimum Gasteiger partial charge on any atom is -0.391 e. The van der Waals surface area contributed by atoms with Crippen LogP contribution in [-0.4, -0.2) is 37.9 Å². The number of H-pyrrole nitrogens is 1. The highest BCUT2D eigenvalue weighted by Gasteiger charge is 2.25. The fraction of sp³-hybridized carbons (Fsp3) is 0.588. The van der Waals surface area contributed by atoms with Gasteiger partial charge in [-0.05, 0) is 37.8 Å². The van der Waals surface area contributed by atoms with Crippen LogP contribution in [0.5, 0.6) is 0 Å². The first-order valence-electron chi connectivity index (χ1n) is 8.40. The predicted octanol–water partition coefficient (Wildman–Crippen LogP) is 0.841. The number of hydrogen-bond donors (Lipinski definition) is 3. The Kier molecular flexibility index (Phi) is 4.45. The maximum absolute atomic E-state index is 12.4. The van der Waals surface area contributed by atoms with Crippen molar-refractivity contribution in [3.8, 4) is 0 Å². The number of hydrogen-bond acceptors (Lipinski definition) is 4. The van der Waals surface area contributed by atoms with Crippen molar-refractivity contribution in [3.05, 3.63) is 27.2 Å². The Morgan fingerprint density at radius 2 is 2.08 bits per heavy atom. The number of fused-ring (bicyclic) bond motifs is 1. The summed E-state index contributed by atoms with van der Waals surface area (Å²) in [5.41, 5.74) is 2.71. The number of aliphatic hydroxyl groups is 1. The van der Waals surface area contributed by atoms with E-state index < -0.39 is 6.10 Å². The van der Waals surface area contributed by atoms with Gasteiger partial charge in [-0.15, -0.1) is 0 Å². The van der Waals surface area contributed by atoms with E-state index in [1.54, 1.807) is 7.05 Å². The summed E-state index contributed by atoms with van der Waals surface area (Å²) in [6.07, 6.45) is 3.26. The Balaban J connectivity index is 1.85. The molecule has 1 aliphatic rings. The zero-order valence-corrected chi connectivity index (χ0v) is 14.3. The maximum atomic E-state index is 12.4. The third kappa shape index (κ3) is 2.96. The van der Waals surface area contributed by atoms with Crippen molar-refractivity contribution in [1.29, 1.82) is 0 Å². The second-order valence-electron chi connectivity index (χ2n) is 6.70. The summed E-state index contributed by atoms with van der Waals surface area (Å²) in [4.78, 5) is 29.1. The smallest absolute Gasteiger partial charge is 0.276 e. The van der Waals surface area contributed by atoms with Crippen molar-refractivity contribution in [2.75, 3.05) is 0 Å². The lowest BCUT2D eigenvalue weighted by Crippen LogP contribution is -2.45. The molecular formula is C17H24N4O3. The zero-order chi connectivity index (χ0) is 17.4. The molecular weight excluding hydrogens is 308 g/mol. The molecule has 0 radical (unpaired) electrons. The van der Waals surface area contributed by atoms with Crippen molar-refractivity contribution < 1.29 is 9.90 Å². The molecule has 24 heavy (non-hydrogen) atoms. The molecule has 2 atom stereocenters. The molecule has 0 bridgehead atoms. The number of carbonyl (C=O) groups excluding carboxylic acids is 1. The Bertz CT molecular complexity index is 836. The first-order valence-corrected chi connectivity index (χ1v) is 8.40. The van der Waals surface area contributed by atoms with Gasteiger partial charge in [0, 0.05) is 12.7 Å². The lowest BCUT2D eigenvalue weighted by molar-refractivity contribution is -0.122. The number of nitrogens with one attached hydrogen (secondary N) is 2. The molecule has 2 aromatic rings. The highest BCUT2D eigenvalue weighted by molar-refractivity contribution is 5.84. The van der Waals surface area contributed by atoms with E-state index in [9.17, 15) is 14.7 Å². The molecule has 7 heteroatoms. The molecule has 2 aromatic heterocycles. The molecule has 2 heterocycles. The SMILES string of the molecule is Cc1nc2[nH]n(C)c(=O)c2c(C)c1CC(=O)NC1CCCCC1O. The second-order valence-corrected chi connectivity index (χ2v) is 6.70. The van der Waals surface area contributed by atoms with Crippen molar-refractivity contribution in [2.24, 2.45) is 7.05 Å². The van der Waals surface area contributed by atoms with Crippen molar-refractivity contribution >= 4 is 16.9 Å². The topological polar surface area (TPSA) is 100 Å². The van der Waals surface area contributed by atoms with Crippen LogP contribution in [0.1, 0.15) is 42.5 Å². The Morgan fingerprint density at radius 1 is 1.38 bits per heavy atom. The molecule has 1 fully saturated rings. The van der Waals surface area contributed by atoms with Gasteiger partial charge in [-0.25, -0.2) is 4.98 Å². The molecule has 1 saturated carbocycles. The first kappa shape index (κ1) is 16.7. The molecule has 7 nitrogen and oxygen atoms in total. The maximum Gasteiger partial charge on any atom is 0.276 e. The average molecular weight is 332 g/mol. The third-order valence-corrected chi connectivity index (χ3v) is 4.99. The fourth-order valence-corrected chi connectivity index (χ4v) is 3.57. The van der Waals surface area contributed by atoms with Crippen molar-refractivity contribution in [1.82, 2.24) is 20.1 Å². The Labute approximate surface area is 140 Å². The molecule has 1 aliphatic carbocycles. The minimum absolute atomic E-state index is 0.138. The third-order valence-electron chi connectivity index (χ3n) is 4.99. The minimum atomic E-state index is -0.470. The van der Waals surface area contributed by atoms with Gasteiger partial charge in [0.25, 0.3) is 5.56 Å². The van der Waals surface area contributed by atoms with E-state index in [1.165, 1.54) is 4.68 Å². The van der Waals surface area contributed by atoms with E-state index in [-0.39, 0.29) is 23.9 Å². The number of rotatable bonds is 3. The van der Waals surface area contributed by atoms with Crippen molar-refractivity contribution in [2.45, 2.75) is 58.1 Å². The fourth-order valence-electron chi connectivity index (χ4n) is 3.57. The van der Waals surface area contributed by atoms with Gasteiger partial charge in [0.1, 0.15) is 0 Å². The van der Waals surface area contributed by atoms with Crippen LogP contribution in [-0.2, 0) is 18.3 Å². The van der Waals surface area contributed by atoms with Crippen LogP contribution in [0, 0.1) is 13.8 Å². The van der Waals surface area contributed by atoms with Gasteiger partial charge in [-0.3, -0.25) is 19.4 Å². The Morgan fingerprint density at radius 3 is 2.79 bits per heavy atom. The van der Waals surface area contributed by atoms with Gasteiger partial charge in [-0.2, -0.15) is 0 Å². The summed E-state index contributed by atoms with van der Waals surface area (Å²) in [5, 5.41) is 16.4. The lowest BCUT2D eigenvalue weighted by atomic mass is 9.92. The number of amides is 1. The van der Waals surface area contributed by atoms with E-state index in [0.29, 0.717) is 11.0 Å². The molecule has 0 spiro atoms. The number of aromatic amines is 1. The molecule has 3 rings (SSSR count). The van der Waals surface area contributed by atoms with Gasteiger partial charge in [0.15, 0.2) is 5.65 Å². The zero-order valence-electron chi connectivity index (χ0n) is 14.3. The van der Waals surface area contributed by atoms with Gasteiger partial charge in [0.2, 0.25) is 5.91 Å². The van der Waals surface area contributed by atoms with Crippen LogP contribution >= 0.6 is 0 Å². The average Bonchev–Trinajstić information content (AvgIpc) is 2.80. The van der Waals surface area contributed by atoms with E-state index >= 15 is 0 Å². The van der Waals surface area contributed by atoms with Gasteiger partial charge in [0.05, 0.1) is 24.0 Å². The first-order chi connectivity index (χ1) is 11.4. The number of carbonyl (C=O) groups is 1. The highest BCUT2D eigenvalue weighted by Crippen LogP contribution is 2.21. The summed E-state index contributed by atoms with van der Waals surface area (Å²) >= 11 is 0. The molecule has 1 amide bonds. The number of pyridine rings is 1. The number of nitrogens with zero attached hydrogens (tertiary/aromatic N) is 2. The molecule has 130 valence electrons. The van der Waals surface area contributed by atoms with Crippen LogP contribution in [0.2, 0.25) is 0 Å². The van der Waals surface area contributed by atoms with E-state index in [1.807, 2.05) is 13.8 Å². The summed E-state index contributed by atoms with van der Waals surface area (Å²) < 4.78 is 1.40. The van der Waals surface area contributed by atoms with E-state index in [4.69, 9.17) is 0 Å². The van der Waals surface area contributed by atoms with Crippen LogP contribution in [0.15, 0.2) is 4.79 Å². The standard InChI is InChI=1S/C17H24N4O3/c1-9-11(8-14(23)19-12-6-4-5-7-13(12)22)10(2)18-16-15(9)17(24)21(3)20-16/h12-13,22H,4-8H2,1-3H3,(H,18,20)(H,19,23). The van der Waals surface area contributed by atoms with E-state index in [2.05, 4.69) is 15.4 Å². The van der Waals surface area contributed by atoms with Crippen LogP contribution in [0.25, 0.3) is 11.0 Å². The molecule has 0 saturated heterocycles. The second kappa shape index (κ2) is 6.39. The normalized spacial score (nSPS) is 21.2. The van der Waals surface area contributed by atoms with Gasteiger partial charge in [-0.1, -0.05) is 12.8 Å². The van der Waals surface area contributed by atoms with Crippen LogP contribution in [0.3, 0.4) is 0 Å². The predicted molar refractivity (Wildman–Crippen MR) is 90.9 cm³/mol. The molecule has 0 aromatic carbocycles. The van der Waals surface area contributed by atoms with E-state index in [0.717, 1.165) is 42.5 Å². The van der Waals surface area contributed by atoms with Crippen LogP contribution in [0.4, 0.5) is 0 Å². The van der Waals surface area contributed by atoms with Gasteiger partial charge < -0.3 is 10.4 Å². The van der Waals surface area contributed by atoms with Crippen LogP contribution < -0.4 is 10.9 Å². The summed E-state index contributed by atoms with van der Waals surface area (Å²) in [5.74, 6) is -0.138. The summed E-state index contributed by atoms with van der Waals surface area (Å²) in [7, 11) is 1.65. The summed E-state index contributed by atoms with van der Waals surface area (Å²) in [6, 6.07) is -0.177.